The number of halogens is 2. The van der Waals surface area contributed by atoms with Gasteiger partial charge in [0.1, 0.15) is 11.6 Å². The molecule has 2 aromatic carbocycles. The lowest BCUT2D eigenvalue weighted by molar-refractivity contribution is 0.572. The van der Waals surface area contributed by atoms with E-state index >= 15 is 0 Å². The normalized spacial score (nSPS) is 15.5. The van der Waals surface area contributed by atoms with Gasteiger partial charge >= 0.3 is 0 Å². The second-order valence-electron chi connectivity index (χ2n) is 7.62. The molecule has 0 fully saturated rings. The molecular formula is C25H26F2N4. The number of nitrogens with zero attached hydrogens (tertiary/aromatic N) is 3. The van der Waals surface area contributed by atoms with E-state index in [1.54, 1.807) is 0 Å². The molecule has 1 aliphatic heterocycles. The van der Waals surface area contributed by atoms with Gasteiger partial charge in [0, 0.05) is 36.7 Å². The predicted octanol–water partition coefficient (Wildman–Crippen LogP) is 5.73. The molecule has 0 bridgehead atoms. The van der Waals surface area contributed by atoms with E-state index in [0.29, 0.717) is 12.1 Å². The predicted molar refractivity (Wildman–Crippen MR) is 120 cm³/mol. The van der Waals surface area contributed by atoms with Crippen molar-refractivity contribution in [3.63, 3.8) is 0 Å². The third-order valence-corrected chi connectivity index (χ3v) is 5.56. The first kappa shape index (κ1) is 21.0. The van der Waals surface area contributed by atoms with E-state index in [0.717, 1.165) is 42.1 Å². The third kappa shape index (κ3) is 4.43. The maximum Gasteiger partial charge on any atom is 0.225 e. The molecule has 0 spiro atoms. The van der Waals surface area contributed by atoms with Crippen LogP contribution in [0.3, 0.4) is 0 Å². The molecule has 160 valence electrons. The Morgan fingerprint density at radius 2 is 1.65 bits per heavy atom. The van der Waals surface area contributed by atoms with Crippen LogP contribution in [0.1, 0.15) is 43.9 Å². The van der Waals surface area contributed by atoms with Crippen LogP contribution >= 0.6 is 0 Å². The van der Waals surface area contributed by atoms with Crippen molar-refractivity contribution in [3.05, 3.63) is 83.7 Å². The Morgan fingerprint density at radius 1 is 0.968 bits per heavy atom. The fourth-order valence-electron chi connectivity index (χ4n) is 3.90. The number of nitrogens with one attached hydrogen (secondary N) is 1. The number of benzene rings is 2. The summed E-state index contributed by atoms with van der Waals surface area (Å²) in [6.07, 6.45) is 7.27. The summed E-state index contributed by atoms with van der Waals surface area (Å²) in [5, 5.41) is 3.25. The van der Waals surface area contributed by atoms with Crippen molar-refractivity contribution < 1.29 is 8.78 Å². The largest absolute Gasteiger partial charge is 0.378 e. The van der Waals surface area contributed by atoms with Gasteiger partial charge in [-0.2, -0.15) is 0 Å². The summed E-state index contributed by atoms with van der Waals surface area (Å²) >= 11 is 0. The fourth-order valence-corrected chi connectivity index (χ4v) is 3.90. The lowest BCUT2D eigenvalue weighted by Gasteiger charge is -2.19. The molecule has 1 aliphatic rings. The van der Waals surface area contributed by atoms with Crippen LogP contribution in [-0.4, -0.2) is 23.1 Å². The molecule has 4 rings (SSSR count). The quantitative estimate of drug-likeness (QED) is 0.530. The zero-order valence-corrected chi connectivity index (χ0v) is 17.8. The van der Waals surface area contributed by atoms with Gasteiger partial charge in [-0.05, 0) is 43.0 Å². The summed E-state index contributed by atoms with van der Waals surface area (Å²) in [6.45, 7) is 6.06. The second kappa shape index (κ2) is 9.25. The summed E-state index contributed by atoms with van der Waals surface area (Å²) < 4.78 is 28.2. The third-order valence-electron chi connectivity index (χ3n) is 5.56. The Balaban J connectivity index is 1.46. The Labute approximate surface area is 181 Å². The number of anilines is 1. The van der Waals surface area contributed by atoms with Crippen LogP contribution in [0, 0.1) is 11.6 Å². The number of aromatic nitrogens is 2. The number of hydrogen-bond donors (Lipinski definition) is 1. The molecule has 4 nitrogen and oxygen atoms in total. The highest BCUT2D eigenvalue weighted by molar-refractivity contribution is 5.68. The van der Waals surface area contributed by atoms with Gasteiger partial charge in [-0.25, -0.2) is 18.7 Å². The van der Waals surface area contributed by atoms with E-state index in [2.05, 4.69) is 34.0 Å². The van der Waals surface area contributed by atoms with Crippen molar-refractivity contribution in [1.82, 2.24) is 15.3 Å². The lowest BCUT2D eigenvalue weighted by atomic mass is 10.0. The molecule has 1 unspecified atom stereocenters. The minimum atomic E-state index is -0.557. The molecule has 31 heavy (non-hydrogen) atoms. The van der Waals surface area contributed by atoms with Crippen molar-refractivity contribution in [2.75, 3.05) is 18.0 Å². The molecule has 1 N–H and O–H groups in total. The summed E-state index contributed by atoms with van der Waals surface area (Å²) in [6, 6.07) is 12.0. The zero-order chi connectivity index (χ0) is 21.8. The Bertz CT molecular complexity index is 1040. The van der Waals surface area contributed by atoms with Crippen molar-refractivity contribution in [1.29, 1.82) is 0 Å². The van der Waals surface area contributed by atoms with Crippen LogP contribution in [0.15, 0.2) is 60.9 Å². The fraction of sp³-hybridized carbons (Fsp3) is 0.280. The molecule has 0 aliphatic carbocycles. The molecule has 3 aromatic rings. The van der Waals surface area contributed by atoms with E-state index in [-0.39, 0.29) is 11.6 Å². The molecule has 0 amide bonds. The van der Waals surface area contributed by atoms with Gasteiger partial charge in [-0.3, -0.25) is 0 Å². The van der Waals surface area contributed by atoms with Crippen LogP contribution in [0.25, 0.3) is 16.8 Å². The van der Waals surface area contributed by atoms with Gasteiger partial charge in [0.05, 0.1) is 11.6 Å². The average Bonchev–Trinajstić information content (AvgIpc) is 3.27. The van der Waals surface area contributed by atoms with Crippen LogP contribution < -0.4 is 10.2 Å². The topological polar surface area (TPSA) is 41.1 Å². The first-order valence-electron chi connectivity index (χ1n) is 10.7. The monoisotopic (exact) mass is 420 g/mol. The Kier molecular flexibility index (Phi) is 6.26. The van der Waals surface area contributed by atoms with Crippen LogP contribution in [0.5, 0.6) is 0 Å². The average molecular weight is 421 g/mol. The lowest BCUT2D eigenvalue weighted by Crippen LogP contribution is -2.25. The summed E-state index contributed by atoms with van der Waals surface area (Å²) in [7, 11) is 0. The first-order chi connectivity index (χ1) is 15.1. The molecule has 2 heterocycles. The van der Waals surface area contributed by atoms with Gasteiger partial charge in [0.2, 0.25) is 5.95 Å². The van der Waals surface area contributed by atoms with E-state index < -0.39 is 11.6 Å². The molecule has 1 aromatic heterocycles. The number of rotatable bonds is 7. The van der Waals surface area contributed by atoms with Crippen molar-refractivity contribution >= 4 is 11.6 Å². The Morgan fingerprint density at radius 3 is 2.26 bits per heavy atom. The summed E-state index contributed by atoms with van der Waals surface area (Å²) in [5.74, 6) is -0.364. The van der Waals surface area contributed by atoms with E-state index in [4.69, 9.17) is 0 Å². The van der Waals surface area contributed by atoms with Crippen molar-refractivity contribution in [3.8, 4) is 11.1 Å². The molecule has 1 atom stereocenters. The standard InChI is InChI=1S/C25H26F2N4/c1-3-14-31(4-2)25-28-15-19(16-29-25)17-8-10-18(11-9-17)22-12-13-23(30-22)24-20(26)6-5-7-21(24)27/h5-11,13,15-16,22,30H,3-4,12,14H2,1-2H3. The molecule has 0 saturated carbocycles. The van der Waals surface area contributed by atoms with Gasteiger partial charge in [-0.15, -0.1) is 0 Å². The van der Waals surface area contributed by atoms with Gasteiger partial charge in [0.15, 0.2) is 0 Å². The van der Waals surface area contributed by atoms with Crippen LogP contribution in [0.2, 0.25) is 0 Å². The first-order valence-corrected chi connectivity index (χ1v) is 10.7. The van der Waals surface area contributed by atoms with Crippen molar-refractivity contribution in [2.24, 2.45) is 0 Å². The summed E-state index contributed by atoms with van der Waals surface area (Å²) in [4.78, 5) is 11.2. The SMILES string of the molecule is CCCN(CC)c1ncc(-c2ccc(C3CC=C(c4c(F)cccc4F)N3)cc2)cn1. The molecule has 0 radical (unpaired) electrons. The second-order valence-corrected chi connectivity index (χ2v) is 7.62. The highest BCUT2D eigenvalue weighted by Crippen LogP contribution is 2.32. The van der Waals surface area contributed by atoms with E-state index in [1.165, 1.54) is 18.2 Å². The smallest absolute Gasteiger partial charge is 0.225 e. The minimum Gasteiger partial charge on any atom is -0.378 e. The Hall–Kier alpha value is -3.28. The zero-order valence-electron chi connectivity index (χ0n) is 17.8. The maximum absolute atomic E-state index is 14.1. The molecule has 6 heteroatoms. The number of hydrogen-bond acceptors (Lipinski definition) is 4. The summed E-state index contributed by atoms with van der Waals surface area (Å²) in [5.41, 5.74) is 3.54. The van der Waals surface area contributed by atoms with Crippen molar-refractivity contribution in [2.45, 2.75) is 32.7 Å². The van der Waals surface area contributed by atoms with Gasteiger partial charge in [-0.1, -0.05) is 43.3 Å². The van der Waals surface area contributed by atoms with E-state index in [1.807, 2.05) is 42.7 Å². The minimum absolute atomic E-state index is 0.00283. The van der Waals surface area contributed by atoms with Gasteiger partial charge in [0.25, 0.3) is 0 Å². The van der Waals surface area contributed by atoms with Gasteiger partial charge < -0.3 is 10.2 Å². The van der Waals surface area contributed by atoms with Crippen LogP contribution in [0.4, 0.5) is 14.7 Å². The molecular weight excluding hydrogens is 394 g/mol. The van der Waals surface area contributed by atoms with Crippen LogP contribution in [-0.2, 0) is 0 Å². The maximum atomic E-state index is 14.1. The molecule has 0 saturated heterocycles. The highest BCUT2D eigenvalue weighted by Gasteiger charge is 2.23. The highest BCUT2D eigenvalue weighted by atomic mass is 19.1. The van der Waals surface area contributed by atoms with E-state index in [9.17, 15) is 8.78 Å².